The maximum absolute atomic E-state index is 11.3. The molecule has 1 rings (SSSR count). The minimum Gasteiger partial charge on any atom is -0.494 e. The Morgan fingerprint density at radius 2 is 2.08 bits per heavy atom. The van der Waals surface area contributed by atoms with E-state index in [1.807, 2.05) is 13.0 Å². The van der Waals surface area contributed by atoms with Crippen molar-refractivity contribution in [3.05, 3.63) is 28.3 Å². The molecule has 0 fully saturated rings. The third-order valence-electron chi connectivity index (χ3n) is 1.87. The first-order chi connectivity index (χ1) is 6.07. The van der Waals surface area contributed by atoms with Crippen LogP contribution in [-0.4, -0.2) is 12.9 Å². The number of rotatable bonds is 2. The summed E-state index contributed by atoms with van der Waals surface area (Å²) >= 11 is 5.87. The summed E-state index contributed by atoms with van der Waals surface area (Å²) in [5.41, 5.74) is 1.45. The number of methoxy groups -OCH3 is 1. The fourth-order valence-electron chi connectivity index (χ4n) is 1.29. The van der Waals surface area contributed by atoms with Crippen LogP contribution in [-0.2, 0) is 0 Å². The van der Waals surface area contributed by atoms with Crippen molar-refractivity contribution in [2.45, 2.75) is 13.8 Å². The zero-order valence-corrected chi connectivity index (χ0v) is 8.61. The molecule has 13 heavy (non-hydrogen) atoms. The molecule has 0 N–H and O–H groups in total. The lowest BCUT2D eigenvalue weighted by Gasteiger charge is -2.09. The summed E-state index contributed by atoms with van der Waals surface area (Å²) in [6, 6.07) is 3.53. The van der Waals surface area contributed by atoms with Gasteiger partial charge in [-0.2, -0.15) is 0 Å². The Hall–Kier alpha value is -1.02. The molecule has 2 nitrogen and oxygen atoms in total. The van der Waals surface area contributed by atoms with Crippen molar-refractivity contribution in [2.24, 2.45) is 0 Å². The van der Waals surface area contributed by atoms with E-state index in [4.69, 9.17) is 16.3 Å². The van der Waals surface area contributed by atoms with E-state index >= 15 is 0 Å². The van der Waals surface area contributed by atoms with Crippen molar-refractivity contribution < 1.29 is 9.53 Å². The average Bonchev–Trinajstić information content (AvgIpc) is 2.07. The van der Waals surface area contributed by atoms with E-state index in [1.54, 1.807) is 6.07 Å². The molecule has 1 aromatic carbocycles. The predicted molar refractivity (Wildman–Crippen MR) is 52.7 cm³/mol. The monoisotopic (exact) mass is 198 g/mol. The van der Waals surface area contributed by atoms with Gasteiger partial charge in [-0.3, -0.25) is 4.79 Å². The second kappa shape index (κ2) is 3.79. The molecule has 0 aromatic heterocycles. The topological polar surface area (TPSA) is 26.3 Å². The third-order valence-corrected chi connectivity index (χ3v) is 2.17. The third kappa shape index (κ3) is 1.83. The van der Waals surface area contributed by atoms with Gasteiger partial charge < -0.3 is 4.74 Å². The minimum atomic E-state index is -0.0307. The van der Waals surface area contributed by atoms with Gasteiger partial charge in [-0.05, 0) is 25.5 Å². The maximum atomic E-state index is 11.3. The molecule has 0 amide bonds. The molecule has 70 valence electrons. The van der Waals surface area contributed by atoms with Crippen molar-refractivity contribution in [3.8, 4) is 5.75 Å². The Kier molecular flexibility index (Phi) is 2.94. The minimum absolute atomic E-state index is 0.0307. The van der Waals surface area contributed by atoms with E-state index in [-0.39, 0.29) is 5.78 Å². The van der Waals surface area contributed by atoms with Crippen LogP contribution in [0.25, 0.3) is 0 Å². The summed E-state index contributed by atoms with van der Waals surface area (Å²) in [5.74, 6) is 0.436. The van der Waals surface area contributed by atoms with Crippen LogP contribution in [0.4, 0.5) is 0 Å². The molecule has 0 heterocycles. The van der Waals surface area contributed by atoms with Gasteiger partial charge in [0.05, 0.1) is 17.7 Å². The number of hydrogen-bond acceptors (Lipinski definition) is 2. The number of aryl methyl sites for hydroxylation is 1. The Morgan fingerprint density at radius 3 is 2.46 bits per heavy atom. The fourth-order valence-corrected chi connectivity index (χ4v) is 1.53. The van der Waals surface area contributed by atoms with Crippen LogP contribution in [0.1, 0.15) is 22.8 Å². The highest BCUT2D eigenvalue weighted by molar-refractivity contribution is 6.32. The highest BCUT2D eigenvalue weighted by Crippen LogP contribution is 2.30. The number of hydrogen-bond donors (Lipinski definition) is 0. The molecule has 0 bridgehead atoms. The van der Waals surface area contributed by atoms with Gasteiger partial charge >= 0.3 is 0 Å². The SMILES string of the molecule is COc1c(Cl)ccc(C)c1C(C)=O. The van der Waals surface area contributed by atoms with Crippen molar-refractivity contribution in [2.75, 3.05) is 7.11 Å². The molecule has 0 unspecified atom stereocenters. The van der Waals surface area contributed by atoms with Crippen molar-refractivity contribution in [1.82, 2.24) is 0 Å². The van der Waals surface area contributed by atoms with Crippen molar-refractivity contribution in [1.29, 1.82) is 0 Å². The molecule has 0 saturated carbocycles. The predicted octanol–water partition coefficient (Wildman–Crippen LogP) is 2.86. The molecule has 0 aliphatic rings. The standard InChI is InChI=1S/C10H11ClO2/c1-6-4-5-8(11)10(13-3)9(6)7(2)12/h4-5H,1-3H3. The van der Waals surface area contributed by atoms with Gasteiger partial charge in [-0.1, -0.05) is 17.7 Å². The Bertz CT molecular complexity index is 345. The van der Waals surface area contributed by atoms with Gasteiger partial charge in [0.1, 0.15) is 5.75 Å². The number of ketones is 1. The summed E-state index contributed by atoms with van der Waals surface area (Å²) in [5, 5.41) is 0.471. The van der Waals surface area contributed by atoms with Gasteiger partial charge in [-0.15, -0.1) is 0 Å². The highest BCUT2D eigenvalue weighted by Gasteiger charge is 2.13. The lowest BCUT2D eigenvalue weighted by molar-refractivity contribution is 0.101. The van der Waals surface area contributed by atoms with Gasteiger partial charge in [0.15, 0.2) is 5.78 Å². The van der Waals surface area contributed by atoms with Gasteiger partial charge in [0, 0.05) is 0 Å². The molecule has 1 aromatic rings. The summed E-state index contributed by atoms with van der Waals surface area (Å²) in [4.78, 5) is 11.3. The Balaban J connectivity index is 3.43. The van der Waals surface area contributed by atoms with E-state index in [0.717, 1.165) is 5.56 Å². The summed E-state index contributed by atoms with van der Waals surface area (Å²) in [7, 11) is 1.51. The number of carbonyl (C=O) groups is 1. The molecule has 0 atom stereocenters. The van der Waals surface area contributed by atoms with E-state index < -0.39 is 0 Å². The van der Waals surface area contributed by atoms with E-state index in [2.05, 4.69) is 0 Å². The quantitative estimate of drug-likeness (QED) is 0.684. The zero-order chi connectivity index (χ0) is 10.0. The van der Waals surface area contributed by atoms with E-state index in [1.165, 1.54) is 14.0 Å². The molecule has 0 aliphatic carbocycles. The number of benzene rings is 1. The Labute approximate surface area is 82.5 Å². The number of ether oxygens (including phenoxy) is 1. The molecule has 3 heteroatoms. The van der Waals surface area contributed by atoms with Crippen LogP contribution in [0.3, 0.4) is 0 Å². The molecule has 0 aliphatic heterocycles. The van der Waals surface area contributed by atoms with Gasteiger partial charge in [-0.25, -0.2) is 0 Å². The first-order valence-corrected chi connectivity index (χ1v) is 4.29. The second-order valence-corrected chi connectivity index (χ2v) is 3.24. The number of halogens is 1. The van der Waals surface area contributed by atoms with Crippen LogP contribution in [0.2, 0.25) is 5.02 Å². The first-order valence-electron chi connectivity index (χ1n) is 3.92. The molecular weight excluding hydrogens is 188 g/mol. The van der Waals surface area contributed by atoms with Crippen LogP contribution in [0, 0.1) is 6.92 Å². The van der Waals surface area contributed by atoms with Crippen molar-refractivity contribution >= 4 is 17.4 Å². The number of Topliss-reactive ketones (excluding diaryl/α,β-unsaturated/α-hetero) is 1. The molecule has 0 saturated heterocycles. The van der Waals surface area contributed by atoms with E-state index in [0.29, 0.717) is 16.3 Å². The van der Waals surface area contributed by atoms with Crippen LogP contribution >= 0.6 is 11.6 Å². The number of carbonyl (C=O) groups excluding carboxylic acids is 1. The van der Waals surface area contributed by atoms with Gasteiger partial charge in [0.25, 0.3) is 0 Å². The van der Waals surface area contributed by atoms with Crippen LogP contribution in [0.5, 0.6) is 5.75 Å². The smallest absolute Gasteiger partial charge is 0.163 e. The second-order valence-electron chi connectivity index (χ2n) is 2.83. The molecule has 0 radical (unpaired) electrons. The maximum Gasteiger partial charge on any atom is 0.163 e. The summed E-state index contributed by atoms with van der Waals surface area (Å²) in [6.45, 7) is 3.36. The first kappa shape index (κ1) is 10.1. The van der Waals surface area contributed by atoms with Crippen LogP contribution in [0.15, 0.2) is 12.1 Å². The molecular formula is C10H11ClO2. The zero-order valence-electron chi connectivity index (χ0n) is 7.85. The summed E-state index contributed by atoms with van der Waals surface area (Å²) in [6.07, 6.45) is 0. The fraction of sp³-hybridized carbons (Fsp3) is 0.300. The average molecular weight is 199 g/mol. The van der Waals surface area contributed by atoms with Crippen LogP contribution < -0.4 is 4.74 Å². The van der Waals surface area contributed by atoms with Gasteiger partial charge in [0.2, 0.25) is 0 Å². The Morgan fingerprint density at radius 1 is 1.46 bits per heavy atom. The van der Waals surface area contributed by atoms with E-state index in [9.17, 15) is 4.79 Å². The largest absolute Gasteiger partial charge is 0.494 e. The highest BCUT2D eigenvalue weighted by atomic mass is 35.5. The lowest BCUT2D eigenvalue weighted by atomic mass is 10.0. The summed E-state index contributed by atoms with van der Waals surface area (Å²) < 4.78 is 5.07. The lowest BCUT2D eigenvalue weighted by Crippen LogP contribution is -2.01. The van der Waals surface area contributed by atoms with Crippen molar-refractivity contribution in [3.63, 3.8) is 0 Å². The normalized spacial score (nSPS) is 9.85. The molecule has 0 spiro atoms.